The number of carboxylic acid groups (broad SMARTS) is 1. The van der Waals surface area contributed by atoms with Crippen molar-refractivity contribution in [2.75, 3.05) is 13.1 Å². The second kappa shape index (κ2) is 8.78. The third kappa shape index (κ3) is 6.23. The van der Waals surface area contributed by atoms with E-state index in [2.05, 4.69) is 25.1 Å². The first-order valence-electron chi connectivity index (χ1n) is 9.89. The summed E-state index contributed by atoms with van der Waals surface area (Å²) in [6.07, 6.45) is 1.30. The van der Waals surface area contributed by atoms with Crippen LogP contribution >= 0.6 is 11.9 Å². The van der Waals surface area contributed by atoms with Crippen LogP contribution in [-0.2, 0) is 11.2 Å². The van der Waals surface area contributed by atoms with E-state index in [9.17, 15) is 4.79 Å². The van der Waals surface area contributed by atoms with E-state index in [-0.39, 0.29) is 11.0 Å². The van der Waals surface area contributed by atoms with E-state index in [0.29, 0.717) is 6.42 Å². The highest BCUT2D eigenvalue weighted by atomic mass is 32.2. The van der Waals surface area contributed by atoms with Crippen molar-refractivity contribution >= 4 is 17.9 Å². The van der Waals surface area contributed by atoms with Gasteiger partial charge in [0.1, 0.15) is 17.4 Å². The first kappa shape index (κ1) is 21.7. The summed E-state index contributed by atoms with van der Waals surface area (Å²) in [6.45, 7) is 8.40. The molecule has 1 heterocycles. The molecule has 1 unspecified atom stereocenters. The summed E-state index contributed by atoms with van der Waals surface area (Å²) in [4.78, 5) is 12.1. The van der Waals surface area contributed by atoms with Crippen molar-refractivity contribution in [3.63, 3.8) is 0 Å². The van der Waals surface area contributed by atoms with Crippen LogP contribution in [0.25, 0.3) is 0 Å². The summed E-state index contributed by atoms with van der Waals surface area (Å²) in [6, 6.07) is 17.1. The molecule has 29 heavy (non-hydrogen) atoms. The average Bonchev–Trinajstić information content (AvgIpc) is 2.60. The first-order chi connectivity index (χ1) is 13.6. The molecule has 0 bridgehead atoms. The average molecular weight is 415 g/mol. The molecule has 2 aromatic carbocycles. The summed E-state index contributed by atoms with van der Waals surface area (Å²) >= 11 is 1.68. The van der Waals surface area contributed by atoms with Gasteiger partial charge in [0.25, 0.3) is 0 Å². The molecule has 1 fully saturated rings. The lowest BCUT2D eigenvalue weighted by Gasteiger charge is -2.51. The van der Waals surface area contributed by atoms with Crippen molar-refractivity contribution in [2.24, 2.45) is 11.1 Å². The Morgan fingerprint density at radius 1 is 1.21 bits per heavy atom. The SMILES string of the molecule is CC(C)(C)CC1(Oc2ccccc2)CN(Sc2cccc(CC(N)C(=O)O)c2)C1. The Labute approximate surface area is 177 Å². The predicted octanol–water partition coefficient (Wildman–Crippen LogP) is 4.22. The van der Waals surface area contributed by atoms with Crippen LogP contribution in [0.3, 0.4) is 0 Å². The van der Waals surface area contributed by atoms with Crippen LogP contribution in [0.1, 0.15) is 32.8 Å². The van der Waals surface area contributed by atoms with E-state index in [1.165, 1.54) is 0 Å². The van der Waals surface area contributed by atoms with E-state index >= 15 is 0 Å². The maximum atomic E-state index is 11.0. The fourth-order valence-electron chi connectivity index (χ4n) is 3.80. The van der Waals surface area contributed by atoms with E-state index in [1.807, 2.05) is 54.6 Å². The topological polar surface area (TPSA) is 75.8 Å². The number of rotatable bonds is 8. The van der Waals surface area contributed by atoms with Crippen molar-refractivity contribution in [3.8, 4) is 5.75 Å². The van der Waals surface area contributed by atoms with Gasteiger partial charge in [0.2, 0.25) is 0 Å². The molecular formula is C23H30N2O3S. The van der Waals surface area contributed by atoms with Crippen LogP contribution in [0.5, 0.6) is 5.75 Å². The number of hydrogen-bond donors (Lipinski definition) is 2. The van der Waals surface area contributed by atoms with Crippen molar-refractivity contribution in [1.29, 1.82) is 0 Å². The van der Waals surface area contributed by atoms with Crippen molar-refractivity contribution in [3.05, 3.63) is 60.2 Å². The predicted molar refractivity (Wildman–Crippen MR) is 117 cm³/mol. The molecule has 3 N–H and O–H groups in total. The highest BCUT2D eigenvalue weighted by molar-refractivity contribution is 7.97. The number of ether oxygens (including phenoxy) is 1. The summed E-state index contributed by atoms with van der Waals surface area (Å²) in [5.74, 6) is -0.0677. The summed E-state index contributed by atoms with van der Waals surface area (Å²) in [5, 5.41) is 9.02. The van der Waals surface area contributed by atoms with Gasteiger partial charge in [-0.3, -0.25) is 4.79 Å². The lowest BCUT2D eigenvalue weighted by atomic mass is 9.78. The molecule has 0 spiro atoms. The van der Waals surface area contributed by atoms with Crippen LogP contribution in [0, 0.1) is 5.41 Å². The first-order valence-corrected chi connectivity index (χ1v) is 10.7. The zero-order valence-electron chi connectivity index (χ0n) is 17.3. The summed E-state index contributed by atoms with van der Waals surface area (Å²) in [5.41, 5.74) is 6.58. The Hall–Kier alpha value is -2.02. The van der Waals surface area contributed by atoms with Gasteiger partial charge >= 0.3 is 5.97 Å². The number of nitrogens with zero attached hydrogens (tertiary/aromatic N) is 1. The van der Waals surface area contributed by atoms with E-state index < -0.39 is 12.0 Å². The largest absolute Gasteiger partial charge is 0.485 e. The molecule has 1 atom stereocenters. The van der Waals surface area contributed by atoms with Gasteiger partial charge < -0.3 is 15.6 Å². The maximum Gasteiger partial charge on any atom is 0.320 e. The lowest BCUT2D eigenvalue weighted by molar-refractivity contribution is -0.138. The number of benzene rings is 2. The monoisotopic (exact) mass is 414 g/mol. The normalized spacial score (nSPS) is 17.4. The van der Waals surface area contributed by atoms with Crippen molar-refractivity contribution in [1.82, 2.24) is 4.31 Å². The minimum atomic E-state index is -0.976. The Kier molecular flexibility index (Phi) is 6.56. The minimum absolute atomic E-state index is 0.165. The highest BCUT2D eigenvalue weighted by Crippen LogP contribution is 2.42. The quantitative estimate of drug-likeness (QED) is 0.630. The van der Waals surface area contributed by atoms with Crippen LogP contribution in [0.4, 0.5) is 0 Å². The Morgan fingerprint density at radius 2 is 1.90 bits per heavy atom. The molecule has 1 aliphatic rings. The maximum absolute atomic E-state index is 11.0. The standard InChI is InChI=1S/C23H30N2O3S/c1-22(2,3)14-23(28-18-9-5-4-6-10-18)15-25(16-23)29-19-11-7-8-17(12-19)13-20(24)21(26)27/h4-12,20H,13-16,24H2,1-3H3,(H,26,27). The number of hydrogen-bond acceptors (Lipinski definition) is 5. The zero-order valence-corrected chi connectivity index (χ0v) is 18.1. The molecule has 1 aliphatic heterocycles. The second-order valence-electron chi connectivity index (χ2n) is 9.02. The number of nitrogens with two attached hydrogens (primary N) is 1. The minimum Gasteiger partial charge on any atom is -0.485 e. The molecule has 0 saturated carbocycles. The van der Waals surface area contributed by atoms with Gasteiger partial charge in [-0.15, -0.1) is 0 Å². The van der Waals surface area contributed by atoms with Gasteiger partial charge in [0, 0.05) is 4.90 Å². The second-order valence-corrected chi connectivity index (χ2v) is 10.2. The van der Waals surface area contributed by atoms with Gasteiger partial charge in [-0.1, -0.05) is 51.1 Å². The fourth-order valence-corrected chi connectivity index (χ4v) is 5.04. The van der Waals surface area contributed by atoms with Crippen LogP contribution in [0.15, 0.2) is 59.5 Å². The Morgan fingerprint density at radius 3 is 2.52 bits per heavy atom. The molecule has 3 rings (SSSR count). The lowest BCUT2D eigenvalue weighted by Crippen LogP contribution is -2.63. The van der Waals surface area contributed by atoms with Gasteiger partial charge in [-0.2, -0.15) is 0 Å². The van der Waals surface area contributed by atoms with E-state index in [0.717, 1.165) is 35.7 Å². The van der Waals surface area contributed by atoms with E-state index in [1.54, 1.807) is 11.9 Å². The molecule has 2 aromatic rings. The molecule has 0 aliphatic carbocycles. The van der Waals surface area contributed by atoms with Gasteiger partial charge in [-0.05, 0) is 60.0 Å². The number of aliphatic carboxylic acids is 1. The van der Waals surface area contributed by atoms with Crippen molar-refractivity contribution < 1.29 is 14.6 Å². The molecule has 0 aromatic heterocycles. The van der Waals surface area contributed by atoms with Crippen LogP contribution < -0.4 is 10.5 Å². The third-order valence-electron chi connectivity index (χ3n) is 4.76. The molecule has 6 heteroatoms. The summed E-state index contributed by atoms with van der Waals surface area (Å²) in [7, 11) is 0. The summed E-state index contributed by atoms with van der Waals surface area (Å²) < 4.78 is 8.74. The Balaban J connectivity index is 1.64. The zero-order chi connectivity index (χ0) is 21.1. The highest BCUT2D eigenvalue weighted by Gasteiger charge is 2.48. The van der Waals surface area contributed by atoms with E-state index in [4.69, 9.17) is 15.6 Å². The molecule has 0 radical (unpaired) electrons. The molecule has 5 nitrogen and oxygen atoms in total. The van der Waals surface area contributed by atoms with Gasteiger partial charge in [-0.25, -0.2) is 4.31 Å². The van der Waals surface area contributed by atoms with Gasteiger partial charge in [0.05, 0.1) is 13.1 Å². The molecule has 156 valence electrons. The fraction of sp³-hybridized carbons (Fsp3) is 0.435. The van der Waals surface area contributed by atoms with Gasteiger partial charge in [0.15, 0.2) is 0 Å². The number of carboxylic acids is 1. The number of carbonyl (C=O) groups is 1. The third-order valence-corrected chi connectivity index (χ3v) is 5.75. The van der Waals surface area contributed by atoms with Crippen LogP contribution in [0.2, 0.25) is 0 Å². The Bertz CT molecular complexity index is 830. The molecule has 0 amide bonds. The smallest absolute Gasteiger partial charge is 0.320 e. The number of para-hydroxylation sites is 1. The van der Waals surface area contributed by atoms with Crippen molar-refractivity contribution in [2.45, 2.75) is 50.2 Å². The van der Waals surface area contributed by atoms with Crippen LogP contribution in [-0.4, -0.2) is 40.1 Å². The molecular weight excluding hydrogens is 384 g/mol. The molecule has 1 saturated heterocycles.